The van der Waals surface area contributed by atoms with Gasteiger partial charge in [0.15, 0.2) is 0 Å². The molecule has 1 aromatic carbocycles. The minimum absolute atomic E-state index is 0.852. The fourth-order valence-electron chi connectivity index (χ4n) is 1.62. The molecule has 0 bridgehead atoms. The topological polar surface area (TPSA) is 0 Å². The second-order valence-electron chi connectivity index (χ2n) is 3.59. The van der Waals surface area contributed by atoms with Gasteiger partial charge in [0.1, 0.15) is 0 Å². The van der Waals surface area contributed by atoms with E-state index in [-0.39, 0.29) is 0 Å². The molecule has 12 heavy (non-hydrogen) atoms. The summed E-state index contributed by atoms with van der Waals surface area (Å²) >= 11 is 0. The van der Waals surface area contributed by atoms with Gasteiger partial charge in [0, 0.05) is 0 Å². The van der Waals surface area contributed by atoms with Crippen LogP contribution in [0.1, 0.15) is 35.4 Å². The molecule has 1 saturated carbocycles. The standard InChI is InChI=1S/C12H14/c1-3-10-5-4-9(2)12(8-10)11-6-7-11/h3-5,8,11H,1,6-7H2,2H3. The molecular weight excluding hydrogens is 144 g/mol. The Morgan fingerprint density at radius 1 is 1.42 bits per heavy atom. The van der Waals surface area contributed by atoms with Crippen LogP contribution in [0.3, 0.4) is 0 Å². The zero-order valence-electron chi connectivity index (χ0n) is 7.51. The van der Waals surface area contributed by atoms with E-state index < -0.39 is 0 Å². The van der Waals surface area contributed by atoms with E-state index >= 15 is 0 Å². The molecule has 0 heterocycles. The highest BCUT2D eigenvalue weighted by molar-refractivity contribution is 5.51. The lowest BCUT2D eigenvalue weighted by Crippen LogP contribution is -1.86. The fraction of sp³-hybridized carbons (Fsp3) is 0.333. The van der Waals surface area contributed by atoms with Crippen molar-refractivity contribution in [3.8, 4) is 0 Å². The van der Waals surface area contributed by atoms with E-state index in [9.17, 15) is 0 Å². The van der Waals surface area contributed by atoms with E-state index in [1.807, 2.05) is 6.08 Å². The minimum atomic E-state index is 0.852. The molecule has 1 aliphatic rings. The largest absolute Gasteiger partial charge is 0.0985 e. The van der Waals surface area contributed by atoms with Crippen LogP contribution >= 0.6 is 0 Å². The Balaban J connectivity index is 2.42. The van der Waals surface area contributed by atoms with E-state index in [0.717, 1.165) is 5.92 Å². The number of hydrogen-bond donors (Lipinski definition) is 0. The lowest BCUT2D eigenvalue weighted by Gasteiger charge is -2.04. The first-order valence-corrected chi connectivity index (χ1v) is 4.54. The average Bonchev–Trinajstić information content (AvgIpc) is 2.88. The van der Waals surface area contributed by atoms with Crippen molar-refractivity contribution in [3.63, 3.8) is 0 Å². The molecule has 0 unspecified atom stereocenters. The van der Waals surface area contributed by atoms with Crippen LogP contribution in [-0.2, 0) is 0 Å². The summed E-state index contributed by atoms with van der Waals surface area (Å²) in [5.41, 5.74) is 4.22. The van der Waals surface area contributed by atoms with Gasteiger partial charge in [0.05, 0.1) is 0 Å². The highest BCUT2D eigenvalue weighted by Crippen LogP contribution is 2.41. The Morgan fingerprint density at radius 3 is 2.75 bits per heavy atom. The first kappa shape index (κ1) is 7.60. The van der Waals surface area contributed by atoms with E-state index in [4.69, 9.17) is 0 Å². The van der Waals surface area contributed by atoms with E-state index in [1.165, 1.54) is 29.5 Å². The monoisotopic (exact) mass is 158 g/mol. The first-order valence-electron chi connectivity index (χ1n) is 4.54. The van der Waals surface area contributed by atoms with Crippen molar-refractivity contribution in [2.24, 2.45) is 0 Å². The van der Waals surface area contributed by atoms with Crippen LogP contribution in [0.25, 0.3) is 6.08 Å². The molecule has 0 N–H and O–H groups in total. The van der Waals surface area contributed by atoms with Gasteiger partial charge in [-0.15, -0.1) is 0 Å². The molecule has 0 spiro atoms. The Hall–Kier alpha value is -1.04. The molecule has 62 valence electrons. The molecule has 0 heteroatoms. The van der Waals surface area contributed by atoms with Gasteiger partial charge in [0.25, 0.3) is 0 Å². The maximum atomic E-state index is 3.78. The van der Waals surface area contributed by atoms with E-state index in [2.05, 4.69) is 31.7 Å². The molecule has 0 radical (unpaired) electrons. The van der Waals surface area contributed by atoms with Gasteiger partial charge in [-0.25, -0.2) is 0 Å². The number of rotatable bonds is 2. The van der Waals surface area contributed by atoms with Crippen molar-refractivity contribution < 1.29 is 0 Å². The molecule has 1 aliphatic carbocycles. The van der Waals surface area contributed by atoms with Crippen molar-refractivity contribution in [1.29, 1.82) is 0 Å². The highest BCUT2D eigenvalue weighted by atomic mass is 14.3. The molecule has 0 amide bonds. The Morgan fingerprint density at radius 2 is 2.17 bits per heavy atom. The summed E-state index contributed by atoms with van der Waals surface area (Å²) in [6, 6.07) is 6.61. The SMILES string of the molecule is C=Cc1ccc(C)c(C2CC2)c1. The molecule has 1 fully saturated rings. The summed E-state index contributed by atoms with van der Waals surface area (Å²) in [6.07, 6.45) is 4.67. The zero-order chi connectivity index (χ0) is 8.55. The molecule has 0 aliphatic heterocycles. The highest BCUT2D eigenvalue weighted by Gasteiger charge is 2.24. The molecule has 1 aromatic rings. The van der Waals surface area contributed by atoms with Crippen molar-refractivity contribution in [2.45, 2.75) is 25.7 Å². The normalized spacial score (nSPS) is 16.1. The number of hydrogen-bond acceptors (Lipinski definition) is 0. The number of aryl methyl sites for hydroxylation is 1. The molecule has 0 atom stereocenters. The van der Waals surface area contributed by atoms with Crippen molar-refractivity contribution >= 4 is 6.08 Å². The maximum Gasteiger partial charge on any atom is -0.0159 e. The van der Waals surface area contributed by atoms with Gasteiger partial charge < -0.3 is 0 Å². The Kier molecular flexibility index (Phi) is 1.76. The molecular formula is C12H14. The third-order valence-corrected chi connectivity index (χ3v) is 2.56. The van der Waals surface area contributed by atoms with Crippen LogP contribution in [0.4, 0.5) is 0 Å². The lowest BCUT2D eigenvalue weighted by molar-refractivity contribution is 1.10. The van der Waals surface area contributed by atoms with E-state index in [1.54, 1.807) is 0 Å². The smallest absolute Gasteiger partial charge is 0.0159 e. The lowest BCUT2D eigenvalue weighted by atomic mass is 10.0. The predicted octanol–water partition coefficient (Wildman–Crippen LogP) is 3.52. The van der Waals surface area contributed by atoms with Crippen LogP contribution < -0.4 is 0 Å². The van der Waals surface area contributed by atoms with Gasteiger partial charge in [-0.2, -0.15) is 0 Å². The third kappa shape index (κ3) is 1.29. The number of benzene rings is 1. The Labute approximate surface area is 73.9 Å². The van der Waals surface area contributed by atoms with Crippen LogP contribution in [0.15, 0.2) is 24.8 Å². The maximum absolute atomic E-state index is 3.78. The van der Waals surface area contributed by atoms with Gasteiger partial charge in [0.2, 0.25) is 0 Å². The van der Waals surface area contributed by atoms with Gasteiger partial charge in [-0.1, -0.05) is 30.9 Å². The zero-order valence-corrected chi connectivity index (χ0v) is 7.51. The van der Waals surface area contributed by atoms with Crippen molar-refractivity contribution in [1.82, 2.24) is 0 Å². The van der Waals surface area contributed by atoms with Gasteiger partial charge >= 0.3 is 0 Å². The summed E-state index contributed by atoms with van der Waals surface area (Å²) in [4.78, 5) is 0. The first-order chi connectivity index (χ1) is 5.81. The third-order valence-electron chi connectivity index (χ3n) is 2.56. The van der Waals surface area contributed by atoms with E-state index in [0.29, 0.717) is 0 Å². The Bertz CT molecular complexity index is 306. The average molecular weight is 158 g/mol. The minimum Gasteiger partial charge on any atom is -0.0985 e. The second kappa shape index (κ2) is 2.78. The quantitative estimate of drug-likeness (QED) is 0.617. The van der Waals surface area contributed by atoms with Crippen LogP contribution in [0.5, 0.6) is 0 Å². The van der Waals surface area contributed by atoms with Crippen LogP contribution in [0, 0.1) is 6.92 Å². The predicted molar refractivity (Wildman–Crippen MR) is 53.2 cm³/mol. The molecule has 0 saturated heterocycles. The van der Waals surface area contributed by atoms with Crippen molar-refractivity contribution in [2.75, 3.05) is 0 Å². The summed E-state index contributed by atoms with van der Waals surface area (Å²) in [7, 11) is 0. The van der Waals surface area contributed by atoms with Gasteiger partial charge in [-0.05, 0) is 42.4 Å². The summed E-state index contributed by atoms with van der Waals surface area (Å²) in [5, 5.41) is 0. The second-order valence-corrected chi connectivity index (χ2v) is 3.59. The van der Waals surface area contributed by atoms with Crippen LogP contribution in [0.2, 0.25) is 0 Å². The van der Waals surface area contributed by atoms with Crippen molar-refractivity contribution in [3.05, 3.63) is 41.5 Å². The summed E-state index contributed by atoms with van der Waals surface area (Å²) in [5.74, 6) is 0.852. The van der Waals surface area contributed by atoms with Gasteiger partial charge in [-0.3, -0.25) is 0 Å². The summed E-state index contributed by atoms with van der Waals surface area (Å²) < 4.78 is 0. The molecule has 0 aromatic heterocycles. The molecule has 0 nitrogen and oxygen atoms in total. The fourth-order valence-corrected chi connectivity index (χ4v) is 1.62. The van der Waals surface area contributed by atoms with Crippen LogP contribution in [-0.4, -0.2) is 0 Å². The molecule has 2 rings (SSSR count). The summed E-state index contributed by atoms with van der Waals surface area (Å²) in [6.45, 7) is 5.98.